The van der Waals surface area contributed by atoms with Gasteiger partial charge in [0, 0.05) is 6.42 Å². The molecule has 0 radical (unpaired) electrons. The average molecular weight is 530 g/mol. The van der Waals surface area contributed by atoms with Gasteiger partial charge in [0.05, 0.1) is 19.0 Å². The number of ether oxygens (including phenoxy) is 2. The summed E-state index contributed by atoms with van der Waals surface area (Å²) < 4.78 is 29.9. The lowest BCUT2D eigenvalue weighted by molar-refractivity contribution is -0.0804. The second-order valence-electron chi connectivity index (χ2n) is 9.19. The summed E-state index contributed by atoms with van der Waals surface area (Å²) in [7, 11) is 0. The molecule has 38 heavy (non-hydrogen) atoms. The van der Waals surface area contributed by atoms with Gasteiger partial charge >= 0.3 is 0 Å². The van der Waals surface area contributed by atoms with Crippen molar-refractivity contribution in [2.45, 2.75) is 30.5 Å². The van der Waals surface area contributed by atoms with Gasteiger partial charge in [0.25, 0.3) is 0 Å². The van der Waals surface area contributed by atoms with Crippen LogP contribution in [-0.4, -0.2) is 38.4 Å². The van der Waals surface area contributed by atoms with Crippen molar-refractivity contribution in [1.82, 2.24) is 19.5 Å². The highest BCUT2D eigenvalue weighted by molar-refractivity contribution is 6.28. The van der Waals surface area contributed by atoms with Gasteiger partial charge in [0.15, 0.2) is 17.7 Å². The van der Waals surface area contributed by atoms with Crippen molar-refractivity contribution in [2.75, 3.05) is 12.3 Å². The fourth-order valence-electron chi connectivity index (χ4n) is 5.14. The van der Waals surface area contributed by atoms with Crippen LogP contribution in [0.3, 0.4) is 0 Å². The molecule has 192 valence electrons. The van der Waals surface area contributed by atoms with Crippen LogP contribution in [0.4, 0.5) is 10.2 Å². The number of hydrogen-bond acceptors (Lipinski definition) is 6. The molecule has 6 rings (SSSR count). The molecule has 1 saturated heterocycles. The molecule has 3 atom stereocenters. The molecule has 0 unspecified atom stereocenters. The summed E-state index contributed by atoms with van der Waals surface area (Å²) >= 11 is 6.00. The first kappa shape index (κ1) is 24.5. The van der Waals surface area contributed by atoms with Gasteiger partial charge in [-0.15, -0.1) is 0 Å². The van der Waals surface area contributed by atoms with Gasteiger partial charge < -0.3 is 15.2 Å². The summed E-state index contributed by atoms with van der Waals surface area (Å²) in [5.41, 5.74) is 8.57. The highest BCUT2D eigenvalue weighted by Gasteiger charge is 2.42. The first-order valence-electron chi connectivity index (χ1n) is 12.3. The van der Waals surface area contributed by atoms with E-state index >= 15 is 4.39 Å². The van der Waals surface area contributed by atoms with Crippen LogP contribution in [-0.2, 0) is 15.1 Å². The van der Waals surface area contributed by atoms with Crippen LogP contribution >= 0.6 is 11.6 Å². The van der Waals surface area contributed by atoms with Gasteiger partial charge in [-0.2, -0.15) is 9.97 Å². The maximum absolute atomic E-state index is 15.4. The fraction of sp³-hybridized carbons (Fsp3) is 0.207. The van der Waals surface area contributed by atoms with Crippen LogP contribution in [0.1, 0.15) is 29.3 Å². The first-order valence-corrected chi connectivity index (χ1v) is 12.7. The molecule has 0 aliphatic carbocycles. The van der Waals surface area contributed by atoms with Crippen molar-refractivity contribution in [3.63, 3.8) is 0 Å². The van der Waals surface area contributed by atoms with E-state index in [0.717, 1.165) is 16.7 Å². The number of aromatic nitrogens is 4. The van der Waals surface area contributed by atoms with Crippen molar-refractivity contribution in [1.29, 1.82) is 0 Å². The number of nitrogens with zero attached hydrogens (tertiary/aromatic N) is 4. The van der Waals surface area contributed by atoms with E-state index in [-0.39, 0.29) is 24.1 Å². The van der Waals surface area contributed by atoms with Crippen LogP contribution < -0.4 is 5.73 Å². The zero-order valence-electron chi connectivity index (χ0n) is 20.3. The quantitative estimate of drug-likeness (QED) is 0.215. The second-order valence-corrected chi connectivity index (χ2v) is 9.53. The standard InChI is InChI=1S/C29H25ClFN5O2/c30-28-34-25(32)24-26(35-28)36(18-33-24)27-23(31)16-22(38-27)17-37-29(19-10-4-1-5-11-19,20-12-6-2-7-13-20)21-14-8-3-9-15-21/h1-15,18,22-23,27H,16-17H2,(H2,32,34,35)/t22-,23-,27+/m0/s1. The predicted octanol–water partition coefficient (Wildman–Crippen LogP) is 5.70. The molecule has 9 heteroatoms. The topological polar surface area (TPSA) is 88.1 Å². The number of rotatable bonds is 7. The van der Waals surface area contributed by atoms with Crippen molar-refractivity contribution < 1.29 is 13.9 Å². The molecule has 1 fully saturated rings. The largest absolute Gasteiger partial charge is 0.382 e. The van der Waals surface area contributed by atoms with Gasteiger partial charge in [-0.3, -0.25) is 4.57 Å². The third-order valence-corrected chi connectivity index (χ3v) is 7.02. The smallest absolute Gasteiger partial charge is 0.226 e. The molecule has 0 amide bonds. The summed E-state index contributed by atoms with van der Waals surface area (Å²) in [5, 5.41) is -0.0385. The SMILES string of the molecule is Nc1nc(Cl)nc2c1ncn2[C@@H]1O[C@H](COC(c2ccccc2)(c2ccccc2)c2ccccc2)C[C@@H]1F. The Morgan fingerprint density at radius 2 is 1.47 bits per heavy atom. The zero-order valence-corrected chi connectivity index (χ0v) is 21.1. The molecule has 1 aliphatic heterocycles. The summed E-state index contributed by atoms with van der Waals surface area (Å²) in [6, 6.07) is 30.1. The van der Waals surface area contributed by atoms with Crippen LogP contribution in [0, 0.1) is 0 Å². The summed E-state index contributed by atoms with van der Waals surface area (Å²) in [5.74, 6) is 0.130. The molecular formula is C29H25ClFN5O2. The minimum absolute atomic E-state index is 0.0385. The zero-order chi connectivity index (χ0) is 26.1. The van der Waals surface area contributed by atoms with E-state index in [2.05, 4.69) is 15.0 Å². The molecule has 2 aromatic heterocycles. The number of alkyl halides is 1. The Balaban J connectivity index is 1.34. The Hall–Kier alpha value is -3.85. The third kappa shape index (κ3) is 4.30. The van der Waals surface area contributed by atoms with Crippen molar-refractivity contribution in [3.8, 4) is 0 Å². The molecule has 0 spiro atoms. The maximum atomic E-state index is 15.4. The lowest BCUT2D eigenvalue weighted by Gasteiger charge is -2.36. The highest BCUT2D eigenvalue weighted by atomic mass is 35.5. The van der Waals surface area contributed by atoms with E-state index in [4.69, 9.17) is 26.8 Å². The minimum Gasteiger partial charge on any atom is -0.382 e. The molecule has 1 aliphatic rings. The summed E-state index contributed by atoms with van der Waals surface area (Å²) in [4.78, 5) is 12.4. The Kier molecular flexibility index (Phi) is 6.53. The first-order chi connectivity index (χ1) is 18.6. The summed E-state index contributed by atoms with van der Waals surface area (Å²) in [6.45, 7) is 0.153. The summed E-state index contributed by atoms with van der Waals surface area (Å²) in [6.07, 6.45) is -1.17. The van der Waals surface area contributed by atoms with Crippen LogP contribution in [0.5, 0.6) is 0 Å². The average Bonchev–Trinajstić information content (AvgIpc) is 3.54. The van der Waals surface area contributed by atoms with Crippen molar-refractivity contribution in [3.05, 3.63) is 119 Å². The van der Waals surface area contributed by atoms with E-state index in [0.29, 0.717) is 11.2 Å². The van der Waals surface area contributed by atoms with E-state index in [1.165, 1.54) is 10.9 Å². The monoisotopic (exact) mass is 529 g/mol. The lowest BCUT2D eigenvalue weighted by Crippen LogP contribution is -2.35. The van der Waals surface area contributed by atoms with Crippen LogP contribution in [0.15, 0.2) is 97.3 Å². The molecule has 2 N–H and O–H groups in total. The number of benzene rings is 3. The Morgan fingerprint density at radius 1 is 0.921 bits per heavy atom. The van der Waals surface area contributed by atoms with Crippen LogP contribution in [0.2, 0.25) is 5.28 Å². The Labute approximate surface area is 224 Å². The van der Waals surface area contributed by atoms with Gasteiger partial charge in [-0.05, 0) is 28.3 Å². The van der Waals surface area contributed by atoms with Gasteiger partial charge in [0.1, 0.15) is 17.3 Å². The molecule has 5 aromatic rings. The fourth-order valence-corrected chi connectivity index (χ4v) is 5.31. The highest BCUT2D eigenvalue weighted by Crippen LogP contribution is 2.42. The van der Waals surface area contributed by atoms with E-state index in [9.17, 15) is 0 Å². The second kappa shape index (κ2) is 10.1. The number of fused-ring (bicyclic) bond motifs is 1. The predicted molar refractivity (Wildman–Crippen MR) is 143 cm³/mol. The normalized spacial score (nSPS) is 19.7. The van der Waals surface area contributed by atoms with E-state index < -0.39 is 24.1 Å². The molecule has 3 aromatic carbocycles. The number of halogens is 2. The van der Waals surface area contributed by atoms with Crippen LogP contribution in [0.25, 0.3) is 11.2 Å². The van der Waals surface area contributed by atoms with Gasteiger partial charge in [0.2, 0.25) is 5.28 Å². The number of hydrogen-bond donors (Lipinski definition) is 1. The van der Waals surface area contributed by atoms with Crippen molar-refractivity contribution >= 4 is 28.6 Å². The Bertz CT molecular complexity index is 1440. The van der Waals surface area contributed by atoms with E-state index in [1.807, 2.05) is 91.0 Å². The van der Waals surface area contributed by atoms with Crippen molar-refractivity contribution in [2.24, 2.45) is 0 Å². The molecule has 0 bridgehead atoms. The third-order valence-electron chi connectivity index (χ3n) is 6.85. The minimum atomic E-state index is -1.31. The lowest BCUT2D eigenvalue weighted by atomic mass is 9.80. The van der Waals surface area contributed by atoms with E-state index in [1.54, 1.807) is 0 Å². The Morgan fingerprint density at radius 3 is 2.03 bits per heavy atom. The van der Waals surface area contributed by atoms with Gasteiger partial charge in [-0.25, -0.2) is 9.37 Å². The number of nitrogens with two attached hydrogens (primary N) is 1. The van der Waals surface area contributed by atoms with Gasteiger partial charge in [-0.1, -0.05) is 91.0 Å². The number of nitrogen functional groups attached to an aromatic ring is 1. The number of imidazole rings is 1. The number of anilines is 1. The maximum Gasteiger partial charge on any atom is 0.226 e. The molecule has 3 heterocycles. The molecule has 7 nitrogen and oxygen atoms in total. The molecule has 0 saturated carbocycles. The molecular weight excluding hydrogens is 505 g/mol.